The summed E-state index contributed by atoms with van der Waals surface area (Å²) in [5, 5.41) is 3.22. The Kier molecular flexibility index (Phi) is 2.68. The fraction of sp³-hybridized carbons (Fsp3) is 0.375. The summed E-state index contributed by atoms with van der Waals surface area (Å²) in [6.07, 6.45) is 2.55. The molecule has 2 aromatic heterocycles. The Morgan fingerprint density at radius 3 is 3.13 bits per heavy atom. The van der Waals surface area contributed by atoms with E-state index < -0.39 is 0 Å². The number of nitrogen functional groups attached to an aromatic ring is 1. The molecule has 15 heavy (non-hydrogen) atoms. The molecular weight excluding hydrogens is 211 g/mol. The van der Waals surface area contributed by atoms with Gasteiger partial charge in [-0.3, -0.25) is 0 Å². The van der Waals surface area contributed by atoms with Gasteiger partial charge in [0.2, 0.25) is 5.95 Å². The number of nitrogens with zero attached hydrogens (tertiary/aromatic N) is 3. The largest absolute Gasteiger partial charge is 0.368 e. The number of fused-ring (bicyclic) bond motifs is 1. The summed E-state index contributed by atoms with van der Waals surface area (Å²) in [4.78, 5) is 15.2. The monoisotopic (exact) mass is 224 g/mol. The number of hydrogen-bond donors (Lipinski definition) is 3. The van der Waals surface area contributed by atoms with Gasteiger partial charge in [0.25, 0.3) is 0 Å². The van der Waals surface area contributed by atoms with Crippen LogP contribution < -0.4 is 11.1 Å². The van der Waals surface area contributed by atoms with Gasteiger partial charge in [0.1, 0.15) is 5.52 Å². The molecule has 0 aliphatic rings. The Bertz CT molecular complexity index is 467. The third-order valence-corrected chi connectivity index (χ3v) is 2.70. The normalized spacial score (nSPS) is 12.9. The highest BCUT2D eigenvalue weighted by molar-refractivity contribution is 7.17. The first-order valence-electron chi connectivity index (χ1n) is 4.69. The van der Waals surface area contributed by atoms with Gasteiger partial charge in [-0.05, 0) is 6.42 Å². The van der Waals surface area contributed by atoms with Crippen molar-refractivity contribution in [2.45, 2.75) is 19.1 Å². The van der Waals surface area contributed by atoms with Crippen molar-refractivity contribution in [3.63, 3.8) is 0 Å². The van der Waals surface area contributed by atoms with E-state index in [4.69, 9.17) is 5.73 Å². The molecule has 0 saturated carbocycles. The fourth-order valence-corrected chi connectivity index (χ4v) is 1.39. The van der Waals surface area contributed by atoms with Crippen LogP contribution in [0.4, 0.5) is 11.8 Å². The van der Waals surface area contributed by atoms with Gasteiger partial charge in [-0.2, -0.15) is 9.97 Å². The Labute approximate surface area is 89.3 Å². The predicted octanol–water partition coefficient (Wildman–Crippen LogP) is 0.958. The summed E-state index contributed by atoms with van der Waals surface area (Å²) in [5.74, 6) is 1.17. The Morgan fingerprint density at radius 2 is 2.40 bits per heavy atom. The number of hydrogen-bond acceptors (Lipinski definition) is 5. The second-order valence-electron chi connectivity index (χ2n) is 3.19. The molecule has 2 atom stereocenters. The molecule has 0 aromatic carbocycles. The van der Waals surface area contributed by atoms with Crippen molar-refractivity contribution in [1.82, 2.24) is 19.9 Å². The number of imidazole rings is 1. The smallest absolute Gasteiger partial charge is 0.224 e. The maximum Gasteiger partial charge on any atom is 0.224 e. The van der Waals surface area contributed by atoms with Gasteiger partial charge >= 0.3 is 0 Å². The lowest BCUT2D eigenvalue weighted by Gasteiger charge is -2.12. The van der Waals surface area contributed by atoms with Crippen molar-refractivity contribution in [2.24, 2.45) is 0 Å². The molecule has 0 spiro atoms. The van der Waals surface area contributed by atoms with E-state index >= 15 is 0 Å². The van der Waals surface area contributed by atoms with E-state index in [-0.39, 0.29) is 11.7 Å². The molecule has 6 nitrogen and oxygen atoms in total. The zero-order chi connectivity index (χ0) is 10.8. The van der Waals surface area contributed by atoms with Crippen LogP contribution in [-0.4, -0.2) is 25.7 Å². The standard InChI is InChI=1S/C8H13N6P/c1-2-4(15)12-7-5-6(11-3-10-5)13-8(9)14-7/h3-4H,2,15H2,1H3,(H4,9,10,11,12,13,14)/t4-/m0/s1. The topological polar surface area (TPSA) is 92.5 Å². The van der Waals surface area contributed by atoms with Gasteiger partial charge in [-0.15, -0.1) is 9.24 Å². The van der Waals surface area contributed by atoms with Gasteiger partial charge in [0.05, 0.1) is 6.33 Å². The number of aromatic nitrogens is 4. The molecule has 2 aromatic rings. The Hall–Kier alpha value is -1.42. The van der Waals surface area contributed by atoms with Crippen molar-refractivity contribution in [3.05, 3.63) is 6.33 Å². The van der Waals surface area contributed by atoms with Crippen LogP contribution in [0.15, 0.2) is 6.33 Å². The summed E-state index contributed by atoms with van der Waals surface area (Å²) in [6.45, 7) is 2.08. The Morgan fingerprint density at radius 1 is 1.60 bits per heavy atom. The molecular formula is C8H13N6P. The molecule has 0 aliphatic carbocycles. The minimum Gasteiger partial charge on any atom is -0.368 e. The third kappa shape index (κ3) is 1.99. The van der Waals surface area contributed by atoms with Gasteiger partial charge < -0.3 is 16.0 Å². The molecule has 80 valence electrons. The minimum absolute atomic E-state index is 0.227. The summed E-state index contributed by atoms with van der Waals surface area (Å²) < 4.78 is 0. The van der Waals surface area contributed by atoms with Crippen molar-refractivity contribution in [2.75, 3.05) is 11.1 Å². The number of anilines is 2. The molecule has 0 radical (unpaired) electrons. The van der Waals surface area contributed by atoms with Crippen LogP contribution in [0.1, 0.15) is 13.3 Å². The van der Waals surface area contributed by atoms with E-state index in [0.29, 0.717) is 11.5 Å². The SMILES string of the molecule is CC[C@H](P)Nc1nc(N)nc2nc[nH]c12. The zero-order valence-electron chi connectivity index (χ0n) is 8.36. The quantitative estimate of drug-likeness (QED) is 0.675. The average molecular weight is 224 g/mol. The summed E-state index contributed by atoms with van der Waals surface area (Å²) in [6, 6.07) is 0. The van der Waals surface area contributed by atoms with E-state index in [9.17, 15) is 0 Å². The van der Waals surface area contributed by atoms with Crippen LogP contribution in [0, 0.1) is 0 Å². The van der Waals surface area contributed by atoms with E-state index in [1.165, 1.54) is 0 Å². The number of H-pyrrole nitrogens is 1. The van der Waals surface area contributed by atoms with E-state index in [2.05, 4.69) is 41.4 Å². The van der Waals surface area contributed by atoms with Crippen molar-refractivity contribution in [3.8, 4) is 0 Å². The van der Waals surface area contributed by atoms with Crippen LogP contribution in [0.25, 0.3) is 11.2 Å². The highest BCUT2D eigenvalue weighted by atomic mass is 31.0. The highest BCUT2D eigenvalue weighted by Gasteiger charge is 2.09. The molecule has 0 bridgehead atoms. The van der Waals surface area contributed by atoms with Crippen LogP contribution in [-0.2, 0) is 0 Å². The van der Waals surface area contributed by atoms with Crippen LogP contribution in [0.2, 0.25) is 0 Å². The summed E-state index contributed by atoms with van der Waals surface area (Å²) >= 11 is 0. The molecule has 0 aliphatic heterocycles. The maximum atomic E-state index is 5.58. The lowest BCUT2D eigenvalue weighted by Crippen LogP contribution is -2.12. The van der Waals surface area contributed by atoms with Crippen LogP contribution in [0.3, 0.4) is 0 Å². The minimum atomic E-state index is 0.227. The van der Waals surface area contributed by atoms with E-state index in [0.717, 1.165) is 11.9 Å². The van der Waals surface area contributed by atoms with Crippen molar-refractivity contribution >= 4 is 32.2 Å². The summed E-state index contributed by atoms with van der Waals surface area (Å²) in [5.41, 5.74) is 6.94. The number of rotatable bonds is 3. The first-order chi connectivity index (χ1) is 7.20. The fourth-order valence-electron chi connectivity index (χ4n) is 1.23. The molecule has 0 amide bonds. The molecule has 0 saturated heterocycles. The number of nitrogens with two attached hydrogens (primary N) is 1. The lowest BCUT2D eigenvalue weighted by atomic mass is 10.4. The first-order valence-corrected chi connectivity index (χ1v) is 5.36. The first kappa shape index (κ1) is 10.1. The molecule has 2 heterocycles. The second kappa shape index (κ2) is 3.98. The second-order valence-corrected chi connectivity index (χ2v) is 4.00. The van der Waals surface area contributed by atoms with E-state index in [1.54, 1.807) is 6.33 Å². The van der Waals surface area contributed by atoms with Gasteiger partial charge in [-0.1, -0.05) is 6.92 Å². The van der Waals surface area contributed by atoms with Crippen molar-refractivity contribution in [1.29, 1.82) is 0 Å². The third-order valence-electron chi connectivity index (χ3n) is 2.06. The highest BCUT2D eigenvalue weighted by Crippen LogP contribution is 2.19. The summed E-state index contributed by atoms with van der Waals surface area (Å²) in [7, 11) is 2.70. The van der Waals surface area contributed by atoms with Gasteiger partial charge in [0, 0.05) is 5.78 Å². The lowest BCUT2D eigenvalue weighted by molar-refractivity contribution is 0.912. The number of aromatic amines is 1. The van der Waals surface area contributed by atoms with Crippen molar-refractivity contribution < 1.29 is 0 Å². The van der Waals surface area contributed by atoms with Crippen LogP contribution >= 0.6 is 9.24 Å². The van der Waals surface area contributed by atoms with Gasteiger partial charge in [-0.25, -0.2) is 4.98 Å². The Balaban J connectivity index is 2.44. The maximum absolute atomic E-state index is 5.58. The van der Waals surface area contributed by atoms with Crippen LogP contribution in [0.5, 0.6) is 0 Å². The van der Waals surface area contributed by atoms with E-state index in [1.807, 2.05) is 0 Å². The molecule has 7 heteroatoms. The molecule has 1 unspecified atom stereocenters. The predicted molar refractivity (Wildman–Crippen MR) is 63.5 cm³/mol. The average Bonchev–Trinajstić information content (AvgIpc) is 2.65. The molecule has 0 fully saturated rings. The molecule has 4 N–H and O–H groups in total. The zero-order valence-corrected chi connectivity index (χ0v) is 9.51. The number of nitrogens with one attached hydrogen (secondary N) is 2. The van der Waals surface area contributed by atoms with Gasteiger partial charge in [0.15, 0.2) is 11.5 Å². The molecule has 2 rings (SSSR count).